The van der Waals surface area contributed by atoms with Crippen LogP contribution in [0.4, 0.5) is 0 Å². The summed E-state index contributed by atoms with van der Waals surface area (Å²) in [5.41, 5.74) is 0. The van der Waals surface area contributed by atoms with Crippen molar-refractivity contribution in [3.05, 3.63) is 36.5 Å². The summed E-state index contributed by atoms with van der Waals surface area (Å²) in [5, 5.41) is 23.0. The lowest BCUT2D eigenvalue weighted by Crippen LogP contribution is -2.45. The number of unbranched alkanes of at least 4 members (excludes halogenated alkanes) is 35. The third-order valence-corrected chi connectivity index (χ3v) is 12.4. The Hall–Kier alpha value is -1.92. The topological polar surface area (TPSA) is 95.9 Å². The summed E-state index contributed by atoms with van der Waals surface area (Å²) in [6.07, 6.45) is 63.0. The molecule has 0 aromatic rings. The zero-order valence-corrected chi connectivity index (χ0v) is 41.4. The number of nitrogens with one attached hydrogen (secondary N) is 1. The number of aliphatic hydroxyl groups excluding tert-OH is 2. The molecule has 364 valence electrons. The SMILES string of the molecule is CCCCCCCCC/C=C\CCCCCCCC(=O)OCCCCCCCCCCC/C=C\CCCCCCCC(=O)NC(CO)C(O)/C=C/CCCCCCCCCCC. The molecule has 0 spiro atoms. The van der Waals surface area contributed by atoms with Gasteiger partial charge in [0.25, 0.3) is 0 Å². The molecule has 0 bridgehead atoms. The molecule has 0 aliphatic rings. The molecular formula is C56H105NO5. The number of esters is 1. The van der Waals surface area contributed by atoms with Crippen molar-refractivity contribution in [1.29, 1.82) is 0 Å². The molecule has 0 saturated heterocycles. The molecule has 0 aromatic heterocycles. The van der Waals surface area contributed by atoms with Crippen LogP contribution in [0.25, 0.3) is 0 Å². The van der Waals surface area contributed by atoms with E-state index in [0.717, 1.165) is 64.2 Å². The predicted octanol–water partition coefficient (Wildman–Crippen LogP) is 16.5. The van der Waals surface area contributed by atoms with Gasteiger partial charge in [-0.05, 0) is 83.5 Å². The fourth-order valence-electron chi connectivity index (χ4n) is 8.15. The number of carbonyl (C=O) groups is 2. The first-order valence-corrected chi connectivity index (χ1v) is 27.3. The van der Waals surface area contributed by atoms with Crippen molar-refractivity contribution in [1.82, 2.24) is 5.32 Å². The van der Waals surface area contributed by atoms with E-state index in [1.54, 1.807) is 6.08 Å². The molecule has 6 nitrogen and oxygen atoms in total. The molecule has 0 aliphatic carbocycles. The monoisotopic (exact) mass is 872 g/mol. The fraction of sp³-hybridized carbons (Fsp3) is 0.857. The average molecular weight is 872 g/mol. The Morgan fingerprint density at radius 3 is 1.15 bits per heavy atom. The highest BCUT2D eigenvalue weighted by Gasteiger charge is 2.18. The Morgan fingerprint density at radius 1 is 0.435 bits per heavy atom. The van der Waals surface area contributed by atoms with Gasteiger partial charge in [0, 0.05) is 12.8 Å². The number of ether oxygens (including phenoxy) is 1. The molecule has 2 atom stereocenters. The highest BCUT2D eigenvalue weighted by Crippen LogP contribution is 2.15. The number of hydrogen-bond acceptors (Lipinski definition) is 5. The molecule has 0 heterocycles. The van der Waals surface area contributed by atoms with Crippen LogP contribution in [0.2, 0.25) is 0 Å². The summed E-state index contributed by atoms with van der Waals surface area (Å²) < 4.78 is 5.47. The predicted molar refractivity (Wildman–Crippen MR) is 269 cm³/mol. The van der Waals surface area contributed by atoms with Gasteiger partial charge >= 0.3 is 5.97 Å². The first-order chi connectivity index (χ1) is 30.5. The molecular weight excluding hydrogens is 767 g/mol. The highest BCUT2D eigenvalue weighted by molar-refractivity contribution is 5.76. The second-order valence-electron chi connectivity index (χ2n) is 18.5. The van der Waals surface area contributed by atoms with E-state index in [4.69, 9.17) is 4.74 Å². The zero-order chi connectivity index (χ0) is 45.1. The lowest BCUT2D eigenvalue weighted by atomic mass is 10.1. The van der Waals surface area contributed by atoms with Crippen LogP contribution in [0, 0.1) is 0 Å². The van der Waals surface area contributed by atoms with Gasteiger partial charge < -0.3 is 20.3 Å². The number of hydrogen-bond donors (Lipinski definition) is 3. The molecule has 0 radical (unpaired) electrons. The van der Waals surface area contributed by atoms with E-state index in [1.807, 2.05) is 6.08 Å². The van der Waals surface area contributed by atoms with Crippen molar-refractivity contribution in [2.24, 2.45) is 0 Å². The lowest BCUT2D eigenvalue weighted by molar-refractivity contribution is -0.143. The Morgan fingerprint density at radius 2 is 0.758 bits per heavy atom. The summed E-state index contributed by atoms with van der Waals surface area (Å²) in [5.74, 6) is -0.0902. The van der Waals surface area contributed by atoms with E-state index < -0.39 is 12.1 Å². The average Bonchev–Trinajstić information content (AvgIpc) is 3.27. The molecule has 0 aromatic carbocycles. The van der Waals surface area contributed by atoms with Crippen molar-refractivity contribution in [2.45, 2.75) is 296 Å². The minimum Gasteiger partial charge on any atom is -0.466 e. The second-order valence-corrected chi connectivity index (χ2v) is 18.5. The third kappa shape index (κ3) is 47.6. The molecule has 0 saturated carbocycles. The van der Waals surface area contributed by atoms with Crippen LogP contribution >= 0.6 is 0 Å². The number of aliphatic hydroxyl groups is 2. The van der Waals surface area contributed by atoms with Crippen molar-refractivity contribution < 1.29 is 24.5 Å². The minimum absolute atomic E-state index is 0.00588. The molecule has 0 fully saturated rings. The molecule has 0 aliphatic heterocycles. The first-order valence-electron chi connectivity index (χ1n) is 27.3. The van der Waals surface area contributed by atoms with Gasteiger partial charge in [-0.2, -0.15) is 0 Å². The molecule has 2 unspecified atom stereocenters. The Kier molecular flexibility index (Phi) is 50.1. The summed E-state index contributed by atoms with van der Waals surface area (Å²) in [6.45, 7) is 4.86. The van der Waals surface area contributed by atoms with Gasteiger partial charge in [-0.15, -0.1) is 0 Å². The van der Waals surface area contributed by atoms with Crippen LogP contribution in [0.1, 0.15) is 284 Å². The molecule has 6 heteroatoms. The van der Waals surface area contributed by atoms with E-state index in [2.05, 4.69) is 43.5 Å². The summed E-state index contributed by atoms with van der Waals surface area (Å²) in [4.78, 5) is 24.4. The maximum Gasteiger partial charge on any atom is 0.305 e. The van der Waals surface area contributed by atoms with Gasteiger partial charge in [-0.1, -0.05) is 224 Å². The highest BCUT2D eigenvalue weighted by atomic mass is 16.5. The molecule has 3 N–H and O–H groups in total. The van der Waals surface area contributed by atoms with Gasteiger partial charge in [0.15, 0.2) is 0 Å². The van der Waals surface area contributed by atoms with Gasteiger partial charge in [0.1, 0.15) is 0 Å². The van der Waals surface area contributed by atoms with Gasteiger partial charge in [-0.25, -0.2) is 0 Å². The van der Waals surface area contributed by atoms with Crippen LogP contribution in [0.3, 0.4) is 0 Å². The van der Waals surface area contributed by atoms with E-state index in [0.29, 0.717) is 19.4 Å². The Balaban J connectivity index is 3.46. The van der Waals surface area contributed by atoms with Crippen LogP contribution < -0.4 is 5.32 Å². The third-order valence-electron chi connectivity index (χ3n) is 12.4. The van der Waals surface area contributed by atoms with Crippen LogP contribution in [-0.2, 0) is 14.3 Å². The van der Waals surface area contributed by atoms with E-state index >= 15 is 0 Å². The van der Waals surface area contributed by atoms with Crippen molar-refractivity contribution in [2.75, 3.05) is 13.2 Å². The molecule has 0 rings (SSSR count). The van der Waals surface area contributed by atoms with Gasteiger partial charge in [0.05, 0.1) is 25.4 Å². The number of amides is 1. The van der Waals surface area contributed by atoms with Crippen LogP contribution in [0.5, 0.6) is 0 Å². The summed E-state index contributed by atoms with van der Waals surface area (Å²) >= 11 is 0. The number of allylic oxidation sites excluding steroid dienone is 5. The standard InChI is InChI=1S/C56H105NO5/c1-3-5-7-9-11-13-15-16-17-23-26-30-34-38-42-46-50-56(61)62-51-47-43-39-35-31-27-24-21-19-18-20-22-25-29-33-37-41-45-49-55(60)57-53(52-58)54(59)48-44-40-36-32-28-14-12-10-8-6-4-2/h17,20,22-23,44,48,53-54,58-59H,3-16,18-19,21,24-43,45-47,49-52H2,1-2H3,(H,57,60)/b22-20-,23-17-,48-44+. The van der Waals surface area contributed by atoms with Crippen LogP contribution in [-0.4, -0.2) is 47.4 Å². The fourth-order valence-corrected chi connectivity index (χ4v) is 8.15. The van der Waals surface area contributed by atoms with Gasteiger partial charge in [0.2, 0.25) is 5.91 Å². The Labute approximate surface area is 385 Å². The van der Waals surface area contributed by atoms with E-state index in [1.165, 1.54) is 193 Å². The lowest BCUT2D eigenvalue weighted by Gasteiger charge is -2.20. The minimum atomic E-state index is -0.852. The maximum absolute atomic E-state index is 12.4. The quantitative estimate of drug-likeness (QED) is 0.0321. The van der Waals surface area contributed by atoms with E-state index in [9.17, 15) is 19.8 Å². The van der Waals surface area contributed by atoms with E-state index in [-0.39, 0.29) is 18.5 Å². The summed E-state index contributed by atoms with van der Waals surface area (Å²) in [7, 11) is 0. The largest absolute Gasteiger partial charge is 0.466 e. The maximum atomic E-state index is 12.4. The molecule has 1 amide bonds. The smallest absolute Gasteiger partial charge is 0.305 e. The number of carbonyl (C=O) groups excluding carboxylic acids is 2. The number of rotatable bonds is 50. The normalized spacial score (nSPS) is 12.9. The van der Waals surface area contributed by atoms with Crippen molar-refractivity contribution >= 4 is 11.9 Å². The zero-order valence-electron chi connectivity index (χ0n) is 41.4. The molecule has 62 heavy (non-hydrogen) atoms. The Bertz CT molecular complexity index is 1010. The first kappa shape index (κ1) is 60.1. The van der Waals surface area contributed by atoms with Gasteiger partial charge in [-0.3, -0.25) is 9.59 Å². The van der Waals surface area contributed by atoms with Crippen molar-refractivity contribution in [3.8, 4) is 0 Å². The summed E-state index contributed by atoms with van der Waals surface area (Å²) in [6, 6.07) is -0.637. The second kappa shape index (κ2) is 51.7. The van der Waals surface area contributed by atoms with Crippen molar-refractivity contribution in [3.63, 3.8) is 0 Å². The van der Waals surface area contributed by atoms with Crippen LogP contribution in [0.15, 0.2) is 36.5 Å².